The number of piperidine rings is 1. The average molecular weight is 367 g/mol. The van der Waals surface area contributed by atoms with Gasteiger partial charge in [0.15, 0.2) is 0 Å². The highest BCUT2D eigenvalue weighted by Gasteiger charge is 2.56. The number of tetrazole rings is 1. The van der Waals surface area contributed by atoms with E-state index in [4.69, 9.17) is 4.74 Å². The van der Waals surface area contributed by atoms with E-state index in [9.17, 15) is 13.2 Å². The molecule has 1 aromatic heterocycles. The number of para-hydroxylation sites is 1. The standard InChI is InChI=1S/C17H20F3N5O/c18-17(19,20)14-6-9-24(12-16(14)7-10-26-11-8-16)15-21-22-23-25(15)13-4-2-1-3-5-13/h1-5,14H,6-12H2/t14-/m1/s1. The zero-order chi connectivity index (χ0) is 18.2. The number of hydrogen-bond acceptors (Lipinski definition) is 5. The molecule has 0 N–H and O–H groups in total. The van der Waals surface area contributed by atoms with E-state index in [1.807, 2.05) is 35.2 Å². The zero-order valence-electron chi connectivity index (χ0n) is 14.2. The van der Waals surface area contributed by atoms with Crippen molar-refractivity contribution < 1.29 is 17.9 Å². The summed E-state index contributed by atoms with van der Waals surface area (Å²) in [6.07, 6.45) is -3.35. The van der Waals surface area contributed by atoms with Crippen LogP contribution in [0.2, 0.25) is 0 Å². The maximum absolute atomic E-state index is 13.7. The summed E-state index contributed by atoms with van der Waals surface area (Å²) in [5, 5.41) is 11.9. The molecular formula is C17H20F3N5O. The molecule has 0 aliphatic carbocycles. The number of ether oxygens (including phenoxy) is 1. The van der Waals surface area contributed by atoms with Crippen molar-refractivity contribution in [2.24, 2.45) is 11.3 Å². The fourth-order valence-electron chi connectivity index (χ4n) is 4.24. The minimum absolute atomic E-state index is 0.0468. The van der Waals surface area contributed by atoms with E-state index in [-0.39, 0.29) is 19.5 Å². The van der Waals surface area contributed by atoms with Crippen LogP contribution in [0, 0.1) is 11.3 Å². The Morgan fingerprint density at radius 1 is 1.12 bits per heavy atom. The maximum atomic E-state index is 13.7. The van der Waals surface area contributed by atoms with Crippen molar-refractivity contribution in [3.63, 3.8) is 0 Å². The van der Waals surface area contributed by atoms with E-state index in [0.29, 0.717) is 32.0 Å². The number of nitrogens with zero attached hydrogens (tertiary/aromatic N) is 5. The second-order valence-electron chi connectivity index (χ2n) is 7.01. The van der Waals surface area contributed by atoms with Crippen molar-refractivity contribution in [1.29, 1.82) is 0 Å². The van der Waals surface area contributed by atoms with Gasteiger partial charge in [0, 0.05) is 31.7 Å². The lowest BCUT2D eigenvalue weighted by molar-refractivity contribution is -0.223. The fraction of sp³-hybridized carbons (Fsp3) is 0.588. The van der Waals surface area contributed by atoms with Gasteiger partial charge in [0.1, 0.15) is 0 Å². The Bertz CT molecular complexity index is 742. The third kappa shape index (κ3) is 3.04. The van der Waals surface area contributed by atoms with Crippen LogP contribution < -0.4 is 4.90 Å². The van der Waals surface area contributed by atoms with Crippen molar-refractivity contribution >= 4 is 5.95 Å². The molecule has 3 heterocycles. The molecule has 0 amide bonds. The summed E-state index contributed by atoms with van der Waals surface area (Å²) in [7, 11) is 0. The summed E-state index contributed by atoms with van der Waals surface area (Å²) in [6, 6.07) is 9.37. The fourth-order valence-corrected chi connectivity index (χ4v) is 4.24. The highest BCUT2D eigenvalue weighted by atomic mass is 19.4. The Kier molecular flexibility index (Phi) is 4.34. The Morgan fingerprint density at radius 3 is 2.54 bits per heavy atom. The first-order chi connectivity index (χ1) is 12.5. The Hall–Kier alpha value is -2.16. The van der Waals surface area contributed by atoms with Gasteiger partial charge in [0.05, 0.1) is 11.6 Å². The molecule has 140 valence electrons. The molecule has 1 spiro atoms. The van der Waals surface area contributed by atoms with E-state index >= 15 is 0 Å². The summed E-state index contributed by atoms with van der Waals surface area (Å²) in [5.41, 5.74) is -0.0613. The second-order valence-corrected chi connectivity index (χ2v) is 7.01. The predicted molar refractivity (Wildman–Crippen MR) is 88.0 cm³/mol. The Balaban J connectivity index is 1.65. The number of aromatic nitrogens is 4. The highest BCUT2D eigenvalue weighted by molar-refractivity contribution is 5.41. The molecule has 6 nitrogen and oxygen atoms in total. The lowest BCUT2D eigenvalue weighted by atomic mass is 9.66. The van der Waals surface area contributed by atoms with Crippen LogP contribution in [0.3, 0.4) is 0 Å². The Labute approximate surface area is 148 Å². The molecule has 4 rings (SSSR count). The van der Waals surface area contributed by atoms with Gasteiger partial charge in [-0.3, -0.25) is 0 Å². The third-order valence-corrected chi connectivity index (χ3v) is 5.55. The van der Waals surface area contributed by atoms with Crippen LogP contribution in [-0.2, 0) is 4.74 Å². The van der Waals surface area contributed by atoms with Crippen LogP contribution in [0.5, 0.6) is 0 Å². The molecule has 2 aliphatic heterocycles. The quantitative estimate of drug-likeness (QED) is 0.817. The second kappa shape index (κ2) is 6.53. The van der Waals surface area contributed by atoms with Gasteiger partial charge in [0.2, 0.25) is 5.95 Å². The van der Waals surface area contributed by atoms with Crippen molar-refractivity contribution in [3.8, 4) is 5.69 Å². The molecule has 2 fully saturated rings. The molecule has 0 unspecified atom stereocenters. The SMILES string of the molecule is FC(F)(F)[C@@H]1CCN(c2nnnn2-c2ccccc2)CC12CCOCC2. The molecule has 0 bridgehead atoms. The van der Waals surface area contributed by atoms with E-state index in [0.717, 1.165) is 5.69 Å². The highest BCUT2D eigenvalue weighted by Crippen LogP contribution is 2.51. The van der Waals surface area contributed by atoms with Crippen LogP contribution in [0.1, 0.15) is 19.3 Å². The smallest absolute Gasteiger partial charge is 0.381 e. The van der Waals surface area contributed by atoms with E-state index in [1.54, 1.807) is 4.68 Å². The van der Waals surface area contributed by atoms with Gasteiger partial charge in [-0.05, 0) is 41.8 Å². The van der Waals surface area contributed by atoms with Crippen LogP contribution in [-0.4, -0.2) is 52.7 Å². The summed E-state index contributed by atoms with van der Waals surface area (Å²) in [6.45, 7) is 1.29. The van der Waals surface area contributed by atoms with Crippen molar-refractivity contribution in [3.05, 3.63) is 30.3 Å². The average Bonchev–Trinajstić information content (AvgIpc) is 3.12. The number of alkyl halides is 3. The van der Waals surface area contributed by atoms with Gasteiger partial charge in [-0.1, -0.05) is 23.3 Å². The van der Waals surface area contributed by atoms with E-state index in [1.165, 1.54) is 0 Å². The monoisotopic (exact) mass is 367 g/mol. The molecule has 2 aliphatic rings. The molecular weight excluding hydrogens is 347 g/mol. The minimum atomic E-state index is -4.20. The molecule has 2 aromatic rings. The summed E-state index contributed by atoms with van der Waals surface area (Å²) in [5.74, 6) is -0.820. The number of benzene rings is 1. The van der Waals surface area contributed by atoms with Crippen LogP contribution in [0.15, 0.2) is 30.3 Å². The summed E-state index contributed by atoms with van der Waals surface area (Å²) in [4.78, 5) is 1.89. The largest absolute Gasteiger partial charge is 0.392 e. The molecule has 2 saturated heterocycles. The molecule has 9 heteroatoms. The van der Waals surface area contributed by atoms with Gasteiger partial charge < -0.3 is 9.64 Å². The first-order valence-electron chi connectivity index (χ1n) is 8.73. The topological polar surface area (TPSA) is 56.1 Å². The third-order valence-electron chi connectivity index (χ3n) is 5.55. The summed E-state index contributed by atoms with van der Waals surface area (Å²) < 4.78 is 48.0. The number of hydrogen-bond donors (Lipinski definition) is 0. The van der Waals surface area contributed by atoms with E-state index in [2.05, 4.69) is 15.5 Å². The van der Waals surface area contributed by atoms with Gasteiger partial charge in [-0.25, -0.2) is 0 Å². The zero-order valence-corrected chi connectivity index (χ0v) is 14.2. The van der Waals surface area contributed by atoms with Crippen molar-refractivity contribution in [1.82, 2.24) is 20.2 Å². The lowest BCUT2D eigenvalue weighted by Gasteiger charge is -2.50. The number of anilines is 1. The summed E-state index contributed by atoms with van der Waals surface area (Å²) >= 11 is 0. The van der Waals surface area contributed by atoms with Crippen LogP contribution in [0.25, 0.3) is 5.69 Å². The van der Waals surface area contributed by atoms with Gasteiger partial charge in [0.25, 0.3) is 0 Å². The van der Waals surface area contributed by atoms with E-state index < -0.39 is 17.5 Å². The number of rotatable bonds is 2. The van der Waals surface area contributed by atoms with Crippen molar-refractivity contribution in [2.75, 3.05) is 31.2 Å². The molecule has 26 heavy (non-hydrogen) atoms. The number of halogens is 3. The van der Waals surface area contributed by atoms with Gasteiger partial charge >= 0.3 is 6.18 Å². The maximum Gasteiger partial charge on any atom is 0.392 e. The molecule has 1 aromatic carbocycles. The van der Waals surface area contributed by atoms with Crippen LogP contribution in [0.4, 0.5) is 19.1 Å². The lowest BCUT2D eigenvalue weighted by Crippen LogP contribution is -2.56. The molecule has 0 saturated carbocycles. The van der Waals surface area contributed by atoms with Gasteiger partial charge in [-0.2, -0.15) is 17.9 Å². The predicted octanol–water partition coefficient (Wildman–Crippen LogP) is 2.85. The minimum Gasteiger partial charge on any atom is -0.381 e. The Morgan fingerprint density at radius 2 is 1.85 bits per heavy atom. The first-order valence-corrected chi connectivity index (χ1v) is 8.73. The molecule has 1 atom stereocenters. The normalized spacial score (nSPS) is 23.3. The first kappa shape index (κ1) is 17.3. The van der Waals surface area contributed by atoms with Crippen LogP contribution >= 0.6 is 0 Å². The van der Waals surface area contributed by atoms with Crippen molar-refractivity contribution in [2.45, 2.75) is 25.4 Å². The van der Waals surface area contributed by atoms with Gasteiger partial charge in [-0.15, -0.1) is 0 Å². The molecule has 0 radical (unpaired) electrons.